The third-order valence-corrected chi connectivity index (χ3v) is 1.94. The Morgan fingerprint density at radius 2 is 2.54 bits per heavy atom. The molecule has 0 saturated heterocycles. The van der Waals surface area contributed by atoms with Crippen LogP contribution in [0.5, 0.6) is 5.88 Å². The molecule has 1 N–H and O–H groups in total. The fourth-order valence-corrected chi connectivity index (χ4v) is 1.33. The minimum absolute atomic E-state index is 0.145. The van der Waals surface area contributed by atoms with E-state index in [-0.39, 0.29) is 5.69 Å². The van der Waals surface area contributed by atoms with E-state index in [4.69, 9.17) is 9.84 Å². The van der Waals surface area contributed by atoms with Crippen LogP contribution in [0.15, 0.2) is 6.07 Å². The molecule has 0 radical (unpaired) electrons. The van der Waals surface area contributed by atoms with E-state index in [0.717, 1.165) is 0 Å². The molecule has 0 atom stereocenters. The highest BCUT2D eigenvalue weighted by Crippen LogP contribution is 2.13. The number of carboxylic acids is 1. The summed E-state index contributed by atoms with van der Waals surface area (Å²) in [5, 5.41) is 12.7. The van der Waals surface area contributed by atoms with E-state index in [9.17, 15) is 4.79 Å². The van der Waals surface area contributed by atoms with Gasteiger partial charge in [-0.25, -0.2) is 9.48 Å². The van der Waals surface area contributed by atoms with E-state index in [1.807, 2.05) is 6.26 Å². The number of rotatable bonds is 4. The SMILES string of the molecule is COc1cc(C(=O)O)n(CSC)n1. The third-order valence-electron chi connectivity index (χ3n) is 1.44. The Labute approximate surface area is 79.7 Å². The van der Waals surface area contributed by atoms with Crippen LogP contribution in [0.2, 0.25) is 0 Å². The Morgan fingerprint density at radius 1 is 1.85 bits per heavy atom. The molecule has 0 aliphatic carbocycles. The average Bonchev–Trinajstić information content (AvgIpc) is 2.48. The zero-order valence-electron chi connectivity index (χ0n) is 7.35. The number of thioether (sulfide) groups is 1. The smallest absolute Gasteiger partial charge is 0.354 e. The molecule has 0 aliphatic heterocycles. The molecule has 0 aromatic carbocycles. The quantitative estimate of drug-likeness (QED) is 0.786. The van der Waals surface area contributed by atoms with Gasteiger partial charge in [-0.15, -0.1) is 16.9 Å². The number of methoxy groups -OCH3 is 1. The first-order valence-electron chi connectivity index (χ1n) is 3.53. The molecule has 0 unspecified atom stereocenters. The monoisotopic (exact) mass is 202 g/mol. The van der Waals surface area contributed by atoms with E-state index in [1.165, 1.54) is 29.6 Å². The van der Waals surface area contributed by atoms with Crippen LogP contribution in [-0.4, -0.2) is 34.2 Å². The van der Waals surface area contributed by atoms with Gasteiger partial charge in [-0.05, 0) is 6.26 Å². The van der Waals surface area contributed by atoms with Gasteiger partial charge in [-0.3, -0.25) is 0 Å². The lowest BCUT2D eigenvalue weighted by atomic mass is 10.4. The van der Waals surface area contributed by atoms with Gasteiger partial charge in [0.05, 0.1) is 13.0 Å². The van der Waals surface area contributed by atoms with Gasteiger partial charge in [0.2, 0.25) is 5.88 Å². The zero-order valence-corrected chi connectivity index (χ0v) is 8.17. The standard InChI is InChI=1S/C7H10N2O3S/c1-12-6-3-5(7(10)11)9(8-6)4-13-2/h3H,4H2,1-2H3,(H,10,11). The Morgan fingerprint density at radius 3 is 3.00 bits per heavy atom. The fourth-order valence-electron chi connectivity index (χ4n) is 0.886. The Kier molecular flexibility index (Phi) is 3.18. The number of carbonyl (C=O) groups is 1. The van der Waals surface area contributed by atoms with Crippen LogP contribution in [0, 0.1) is 0 Å². The van der Waals surface area contributed by atoms with Crippen molar-refractivity contribution >= 4 is 17.7 Å². The van der Waals surface area contributed by atoms with Crippen molar-refractivity contribution in [3.05, 3.63) is 11.8 Å². The van der Waals surface area contributed by atoms with Crippen molar-refractivity contribution in [2.45, 2.75) is 5.88 Å². The molecule has 6 heteroatoms. The van der Waals surface area contributed by atoms with Gasteiger partial charge >= 0.3 is 5.97 Å². The Balaban J connectivity index is 3.00. The van der Waals surface area contributed by atoms with Crippen molar-refractivity contribution in [1.82, 2.24) is 9.78 Å². The van der Waals surface area contributed by atoms with Crippen molar-refractivity contribution in [3.63, 3.8) is 0 Å². The second-order valence-corrected chi connectivity index (χ2v) is 3.13. The third kappa shape index (κ3) is 2.15. The molecule has 0 amide bonds. The van der Waals surface area contributed by atoms with E-state index >= 15 is 0 Å². The van der Waals surface area contributed by atoms with E-state index in [1.54, 1.807) is 0 Å². The van der Waals surface area contributed by atoms with Crippen molar-refractivity contribution in [2.24, 2.45) is 0 Å². The number of nitrogens with zero attached hydrogens (tertiary/aromatic N) is 2. The number of aromatic carboxylic acids is 1. The second kappa shape index (κ2) is 4.18. The highest BCUT2D eigenvalue weighted by atomic mass is 32.2. The van der Waals surface area contributed by atoms with Gasteiger partial charge in [0, 0.05) is 6.07 Å². The average molecular weight is 202 g/mol. The summed E-state index contributed by atoms with van der Waals surface area (Å²) in [6.45, 7) is 0. The molecule has 1 aromatic heterocycles. The van der Waals surface area contributed by atoms with Gasteiger partial charge in [-0.1, -0.05) is 0 Å². The molecule has 0 bridgehead atoms. The molecule has 1 heterocycles. The van der Waals surface area contributed by atoms with Crippen LogP contribution in [0.4, 0.5) is 0 Å². The first-order chi connectivity index (χ1) is 6.19. The van der Waals surface area contributed by atoms with Gasteiger partial charge in [-0.2, -0.15) is 0 Å². The molecule has 5 nitrogen and oxygen atoms in total. The van der Waals surface area contributed by atoms with Gasteiger partial charge in [0.15, 0.2) is 5.69 Å². The highest BCUT2D eigenvalue weighted by molar-refractivity contribution is 7.97. The summed E-state index contributed by atoms with van der Waals surface area (Å²) in [6, 6.07) is 1.40. The van der Waals surface area contributed by atoms with Crippen LogP contribution < -0.4 is 4.74 Å². The van der Waals surface area contributed by atoms with Gasteiger partial charge in [0.1, 0.15) is 0 Å². The van der Waals surface area contributed by atoms with E-state index in [0.29, 0.717) is 11.8 Å². The number of carboxylic acid groups (broad SMARTS) is 1. The summed E-state index contributed by atoms with van der Waals surface area (Å²) in [4.78, 5) is 10.7. The molecule has 0 fully saturated rings. The predicted octanol–water partition coefficient (Wildman–Crippen LogP) is 0.910. The highest BCUT2D eigenvalue weighted by Gasteiger charge is 2.13. The fraction of sp³-hybridized carbons (Fsp3) is 0.429. The summed E-state index contributed by atoms with van der Waals surface area (Å²) in [6.07, 6.45) is 1.87. The minimum Gasteiger partial charge on any atom is -0.480 e. The molecular formula is C7H10N2O3S. The number of hydrogen-bond acceptors (Lipinski definition) is 4. The summed E-state index contributed by atoms with van der Waals surface area (Å²) in [7, 11) is 1.46. The molecular weight excluding hydrogens is 192 g/mol. The topological polar surface area (TPSA) is 64.3 Å². The lowest BCUT2D eigenvalue weighted by Gasteiger charge is -1.99. The first kappa shape index (κ1) is 9.91. The van der Waals surface area contributed by atoms with Crippen molar-refractivity contribution in [2.75, 3.05) is 13.4 Å². The summed E-state index contributed by atoms with van der Waals surface area (Å²) < 4.78 is 6.22. The Hall–Kier alpha value is -1.17. The zero-order chi connectivity index (χ0) is 9.84. The van der Waals surface area contributed by atoms with Crippen molar-refractivity contribution < 1.29 is 14.6 Å². The molecule has 0 aliphatic rings. The summed E-state index contributed by atoms with van der Waals surface area (Å²) >= 11 is 1.49. The number of aromatic nitrogens is 2. The molecule has 0 saturated carbocycles. The molecule has 13 heavy (non-hydrogen) atoms. The van der Waals surface area contributed by atoms with Crippen molar-refractivity contribution in [1.29, 1.82) is 0 Å². The van der Waals surface area contributed by atoms with Crippen LogP contribution in [-0.2, 0) is 5.88 Å². The van der Waals surface area contributed by atoms with Gasteiger partial charge < -0.3 is 9.84 Å². The number of hydrogen-bond donors (Lipinski definition) is 1. The largest absolute Gasteiger partial charge is 0.480 e. The van der Waals surface area contributed by atoms with Crippen LogP contribution in [0.1, 0.15) is 10.5 Å². The molecule has 0 spiro atoms. The summed E-state index contributed by atoms with van der Waals surface area (Å²) in [5.41, 5.74) is 0.145. The maximum atomic E-state index is 10.7. The second-order valence-electron chi connectivity index (χ2n) is 2.29. The first-order valence-corrected chi connectivity index (χ1v) is 4.92. The normalized spacial score (nSPS) is 10.0. The lowest BCUT2D eigenvalue weighted by molar-refractivity contribution is 0.0684. The molecule has 1 rings (SSSR count). The van der Waals surface area contributed by atoms with Crippen molar-refractivity contribution in [3.8, 4) is 5.88 Å². The van der Waals surface area contributed by atoms with Crippen LogP contribution >= 0.6 is 11.8 Å². The van der Waals surface area contributed by atoms with Crippen LogP contribution in [0.25, 0.3) is 0 Å². The van der Waals surface area contributed by atoms with E-state index < -0.39 is 5.97 Å². The van der Waals surface area contributed by atoms with Gasteiger partial charge in [0.25, 0.3) is 0 Å². The summed E-state index contributed by atoms with van der Waals surface area (Å²) in [5.74, 6) is -0.165. The maximum Gasteiger partial charge on any atom is 0.354 e. The lowest BCUT2D eigenvalue weighted by Crippen LogP contribution is -2.08. The number of ether oxygens (including phenoxy) is 1. The molecule has 1 aromatic rings. The van der Waals surface area contributed by atoms with E-state index in [2.05, 4.69) is 5.10 Å². The Bertz CT molecular complexity index is 311. The predicted molar refractivity (Wildman–Crippen MR) is 49.3 cm³/mol. The maximum absolute atomic E-state index is 10.7. The minimum atomic E-state index is -0.996. The molecule has 72 valence electrons. The van der Waals surface area contributed by atoms with Crippen LogP contribution in [0.3, 0.4) is 0 Å².